The van der Waals surface area contributed by atoms with E-state index in [1.165, 1.54) is 0 Å². The fourth-order valence-electron chi connectivity index (χ4n) is 2.49. The first-order valence-corrected chi connectivity index (χ1v) is 6.43. The van der Waals surface area contributed by atoms with Gasteiger partial charge in [0, 0.05) is 18.8 Å². The summed E-state index contributed by atoms with van der Waals surface area (Å²) in [6, 6.07) is 7.17. The molecule has 1 aliphatic heterocycles. The number of nitrogens with two attached hydrogens (primary N) is 1. The molecule has 0 saturated heterocycles. The summed E-state index contributed by atoms with van der Waals surface area (Å²) in [6.45, 7) is 2.39. The second-order valence-corrected chi connectivity index (χ2v) is 4.74. The molecule has 2 atom stereocenters. The predicted molar refractivity (Wildman–Crippen MR) is 72.0 cm³/mol. The van der Waals surface area contributed by atoms with Gasteiger partial charge in [0.2, 0.25) is 5.91 Å². The molecule has 0 radical (unpaired) electrons. The quantitative estimate of drug-likeness (QED) is 0.853. The Morgan fingerprint density at radius 3 is 2.74 bits per heavy atom. The molecule has 19 heavy (non-hydrogen) atoms. The number of rotatable bonds is 4. The van der Waals surface area contributed by atoms with Crippen molar-refractivity contribution in [3.63, 3.8) is 0 Å². The van der Waals surface area contributed by atoms with Crippen LogP contribution < -0.4 is 10.6 Å². The predicted octanol–water partition coefficient (Wildman–Crippen LogP) is 1.19. The highest BCUT2D eigenvalue weighted by Gasteiger charge is 2.37. The van der Waals surface area contributed by atoms with Gasteiger partial charge in [-0.1, -0.05) is 25.1 Å². The van der Waals surface area contributed by atoms with E-state index in [1.807, 2.05) is 13.0 Å². The van der Waals surface area contributed by atoms with Gasteiger partial charge in [0.25, 0.3) is 0 Å². The number of benzene rings is 1. The minimum atomic E-state index is -0.899. The molecule has 3 N–H and O–H groups in total. The molecule has 0 aliphatic carbocycles. The summed E-state index contributed by atoms with van der Waals surface area (Å²) >= 11 is 0. The van der Waals surface area contributed by atoms with Crippen LogP contribution in [0.3, 0.4) is 0 Å². The number of hydrogen-bond acceptors (Lipinski definition) is 3. The van der Waals surface area contributed by atoms with Crippen molar-refractivity contribution in [3.8, 4) is 0 Å². The van der Waals surface area contributed by atoms with Crippen molar-refractivity contribution in [1.82, 2.24) is 0 Å². The van der Waals surface area contributed by atoms with Crippen LogP contribution in [0.15, 0.2) is 24.3 Å². The Kier molecular flexibility index (Phi) is 3.85. The van der Waals surface area contributed by atoms with E-state index in [4.69, 9.17) is 5.73 Å². The smallest absolute Gasteiger partial charge is 0.312 e. The monoisotopic (exact) mass is 262 g/mol. The number of carboxylic acids is 1. The van der Waals surface area contributed by atoms with Gasteiger partial charge in [0.15, 0.2) is 0 Å². The first-order valence-electron chi connectivity index (χ1n) is 6.43. The highest BCUT2D eigenvalue weighted by molar-refractivity contribution is 6.00. The lowest BCUT2D eigenvalue weighted by Crippen LogP contribution is -2.39. The third kappa shape index (κ3) is 2.33. The van der Waals surface area contributed by atoms with Crippen molar-refractivity contribution in [2.45, 2.75) is 19.3 Å². The molecule has 1 aromatic rings. The van der Waals surface area contributed by atoms with Gasteiger partial charge in [-0.25, -0.2) is 0 Å². The summed E-state index contributed by atoms with van der Waals surface area (Å²) < 4.78 is 0. The summed E-state index contributed by atoms with van der Waals surface area (Å²) in [6.07, 6.45) is 0.658. The zero-order valence-electron chi connectivity index (χ0n) is 10.9. The lowest BCUT2D eigenvalue weighted by atomic mass is 10.0. The fourth-order valence-corrected chi connectivity index (χ4v) is 2.49. The molecule has 0 fully saturated rings. The van der Waals surface area contributed by atoms with Crippen molar-refractivity contribution >= 4 is 17.6 Å². The van der Waals surface area contributed by atoms with Crippen LogP contribution in [0.4, 0.5) is 5.69 Å². The number of para-hydroxylation sites is 1. The molecule has 1 aliphatic rings. The van der Waals surface area contributed by atoms with E-state index in [-0.39, 0.29) is 24.9 Å². The molecule has 1 heterocycles. The van der Waals surface area contributed by atoms with Crippen LogP contribution in [0.5, 0.6) is 0 Å². The van der Waals surface area contributed by atoms with Crippen molar-refractivity contribution in [3.05, 3.63) is 29.8 Å². The Hall–Kier alpha value is -1.88. The van der Waals surface area contributed by atoms with Crippen LogP contribution in [-0.2, 0) is 9.59 Å². The molecule has 0 bridgehead atoms. The number of amides is 1. The van der Waals surface area contributed by atoms with E-state index < -0.39 is 11.9 Å². The van der Waals surface area contributed by atoms with Crippen molar-refractivity contribution < 1.29 is 14.7 Å². The summed E-state index contributed by atoms with van der Waals surface area (Å²) in [7, 11) is 0. The maximum absolute atomic E-state index is 12.4. The van der Waals surface area contributed by atoms with Crippen LogP contribution in [0, 0.1) is 5.92 Å². The van der Waals surface area contributed by atoms with Crippen molar-refractivity contribution in [1.29, 1.82) is 0 Å². The number of carbonyl (C=O) groups excluding carboxylic acids is 1. The first kappa shape index (κ1) is 13.5. The number of carboxylic acid groups (broad SMARTS) is 1. The normalized spacial score (nSPS) is 19.1. The molecule has 5 nitrogen and oxygen atoms in total. The summed E-state index contributed by atoms with van der Waals surface area (Å²) in [5.41, 5.74) is 7.01. The summed E-state index contributed by atoms with van der Waals surface area (Å²) in [5, 5.41) is 9.25. The molecule has 0 saturated carbocycles. The molecule has 1 aromatic carbocycles. The van der Waals surface area contributed by atoms with E-state index in [0.717, 1.165) is 0 Å². The van der Waals surface area contributed by atoms with E-state index in [1.54, 1.807) is 23.1 Å². The number of anilines is 1. The van der Waals surface area contributed by atoms with Gasteiger partial charge in [-0.15, -0.1) is 0 Å². The minimum Gasteiger partial charge on any atom is -0.481 e. The van der Waals surface area contributed by atoms with Gasteiger partial charge in [0.1, 0.15) is 5.92 Å². The average molecular weight is 262 g/mol. The molecule has 5 heteroatoms. The zero-order chi connectivity index (χ0) is 14.0. The Morgan fingerprint density at radius 2 is 2.16 bits per heavy atom. The molecule has 1 amide bonds. The second kappa shape index (κ2) is 5.40. The lowest BCUT2D eigenvalue weighted by molar-refractivity contribution is -0.138. The highest BCUT2D eigenvalue weighted by Crippen LogP contribution is 2.37. The maximum atomic E-state index is 12.4. The van der Waals surface area contributed by atoms with E-state index in [0.29, 0.717) is 17.7 Å². The first-order chi connectivity index (χ1) is 9.10. The SMILES string of the molecule is CCC(CN)C(=O)N1CC(C(=O)O)c2ccccc21. The number of nitrogens with zero attached hydrogens (tertiary/aromatic N) is 1. The number of hydrogen-bond donors (Lipinski definition) is 2. The summed E-state index contributed by atoms with van der Waals surface area (Å²) in [4.78, 5) is 25.2. The van der Waals surface area contributed by atoms with Crippen LogP contribution in [0.25, 0.3) is 0 Å². The summed E-state index contributed by atoms with van der Waals surface area (Å²) in [5.74, 6) is -1.87. The van der Waals surface area contributed by atoms with Crippen molar-refractivity contribution in [2.24, 2.45) is 11.7 Å². The lowest BCUT2D eigenvalue weighted by Gasteiger charge is -2.22. The Labute approximate surface area is 112 Å². The van der Waals surface area contributed by atoms with E-state index in [9.17, 15) is 14.7 Å². The van der Waals surface area contributed by atoms with E-state index >= 15 is 0 Å². The number of aliphatic carboxylic acids is 1. The minimum absolute atomic E-state index is 0.0822. The van der Waals surface area contributed by atoms with Crippen LogP contribution >= 0.6 is 0 Å². The van der Waals surface area contributed by atoms with Crippen LogP contribution in [0.2, 0.25) is 0 Å². The second-order valence-electron chi connectivity index (χ2n) is 4.74. The average Bonchev–Trinajstić information content (AvgIpc) is 2.79. The zero-order valence-corrected chi connectivity index (χ0v) is 10.9. The van der Waals surface area contributed by atoms with Gasteiger partial charge in [-0.2, -0.15) is 0 Å². The molecular weight excluding hydrogens is 244 g/mol. The van der Waals surface area contributed by atoms with E-state index in [2.05, 4.69) is 0 Å². The molecule has 2 unspecified atom stereocenters. The molecule has 102 valence electrons. The largest absolute Gasteiger partial charge is 0.481 e. The molecular formula is C14H18N2O3. The van der Waals surface area contributed by atoms with Gasteiger partial charge in [0.05, 0.1) is 5.92 Å². The molecule has 0 aromatic heterocycles. The highest BCUT2D eigenvalue weighted by atomic mass is 16.4. The molecule has 0 spiro atoms. The Morgan fingerprint density at radius 1 is 1.47 bits per heavy atom. The molecule has 2 rings (SSSR count). The Bertz CT molecular complexity index is 497. The van der Waals surface area contributed by atoms with Crippen LogP contribution in [0.1, 0.15) is 24.8 Å². The van der Waals surface area contributed by atoms with Crippen molar-refractivity contribution in [2.75, 3.05) is 18.0 Å². The van der Waals surface area contributed by atoms with Gasteiger partial charge in [-0.05, 0) is 18.1 Å². The number of fused-ring (bicyclic) bond motifs is 1. The third-order valence-electron chi connectivity index (χ3n) is 3.66. The van der Waals surface area contributed by atoms with Gasteiger partial charge < -0.3 is 15.7 Å². The fraction of sp³-hybridized carbons (Fsp3) is 0.429. The van der Waals surface area contributed by atoms with Gasteiger partial charge in [-0.3, -0.25) is 9.59 Å². The van der Waals surface area contributed by atoms with Crippen LogP contribution in [-0.4, -0.2) is 30.1 Å². The third-order valence-corrected chi connectivity index (χ3v) is 3.66. The van der Waals surface area contributed by atoms with Gasteiger partial charge >= 0.3 is 5.97 Å². The topological polar surface area (TPSA) is 83.6 Å². The maximum Gasteiger partial charge on any atom is 0.312 e. The standard InChI is InChI=1S/C14H18N2O3/c1-2-9(7-15)13(17)16-8-11(14(18)19)10-5-3-4-6-12(10)16/h3-6,9,11H,2,7-8,15H2,1H3,(H,18,19). The Balaban J connectivity index is 2.35. The number of carbonyl (C=O) groups is 2.